The number of aromatic nitrogens is 1. The second-order valence-corrected chi connectivity index (χ2v) is 9.92. The lowest BCUT2D eigenvalue weighted by molar-refractivity contribution is -0.133. The first-order chi connectivity index (χ1) is 16.5. The molecule has 0 bridgehead atoms. The Morgan fingerprint density at radius 2 is 1.65 bits per heavy atom. The highest BCUT2D eigenvalue weighted by molar-refractivity contribution is 6.15. The Kier molecular flexibility index (Phi) is 6.22. The molecule has 0 unspecified atom stereocenters. The van der Waals surface area contributed by atoms with Gasteiger partial charge in [0, 0.05) is 49.0 Å². The summed E-state index contributed by atoms with van der Waals surface area (Å²) in [6.07, 6.45) is 7.38. The molecule has 1 fully saturated rings. The number of pyridine rings is 1. The normalized spacial score (nSPS) is 18.3. The van der Waals surface area contributed by atoms with Gasteiger partial charge >= 0.3 is 0 Å². The van der Waals surface area contributed by atoms with Gasteiger partial charge in [0.2, 0.25) is 0 Å². The molecule has 34 heavy (non-hydrogen) atoms. The van der Waals surface area contributed by atoms with E-state index in [-0.39, 0.29) is 5.91 Å². The number of rotatable bonds is 6. The van der Waals surface area contributed by atoms with Gasteiger partial charge in [-0.05, 0) is 61.8 Å². The molecule has 2 aliphatic heterocycles. The number of amidine groups is 1. The summed E-state index contributed by atoms with van der Waals surface area (Å²) in [5, 5.41) is 2.32. The Bertz CT molecular complexity index is 1210. The van der Waals surface area contributed by atoms with Crippen molar-refractivity contribution in [2.45, 2.75) is 58.0 Å². The molecule has 0 aliphatic carbocycles. The van der Waals surface area contributed by atoms with Gasteiger partial charge in [-0.2, -0.15) is 0 Å². The van der Waals surface area contributed by atoms with Crippen LogP contribution in [0.2, 0.25) is 0 Å². The Balaban J connectivity index is 1.44. The van der Waals surface area contributed by atoms with Gasteiger partial charge in [-0.25, -0.2) is 0 Å². The molecule has 2 aromatic carbocycles. The lowest BCUT2D eigenvalue weighted by atomic mass is 9.87. The number of benzene rings is 2. The van der Waals surface area contributed by atoms with Crippen LogP contribution in [-0.2, 0) is 4.79 Å². The molecule has 5 heteroatoms. The van der Waals surface area contributed by atoms with Crippen LogP contribution in [0.1, 0.15) is 52.0 Å². The molecule has 176 valence electrons. The van der Waals surface area contributed by atoms with Crippen molar-refractivity contribution >= 4 is 22.5 Å². The number of carbonyl (C=O) groups excluding carboxylic acids is 1. The minimum atomic E-state index is -0.584. The number of hydrogen-bond donors (Lipinski definition) is 0. The van der Waals surface area contributed by atoms with Crippen molar-refractivity contribution in [2.75, 3.05) is 19.6 Å². The average molecular weight is 455 g/mol. The van der Waals surface area contributed by atoms with Crippen molar-refractivity contribution < 1.29 is 4.79 Å². The van der Waals surface area contributed by atoms with Crippen LogP contribution in [0.3, 0.4) is 0 Å². The van der Waals surface area contributed by atoms with Gasteiger partial charge in [-0.1, -0.05) is 49.7 Å². The second-order valence-electron chi connectivity index (χ2n) is 9.92. The molecule has 5 nitrogen and oxygen atoms in total. The highest BCUT2D eigenvalue weighted by Gasteiger charge is 2.49. The fraction of sp³-hybridized carbons (Fsp3) is 0.414. The molecule has 5 rings (SSSR count). The highest BCUT2D eigenvalue weighted by atomic mass is 16.2. The molecular formula is C29H34N4O. The number of fused-ring (bicyclic) bond motifs is 1. The first-order valence-corrected chi connectivity index (χ1v) is 12.6. The largest absolute Gasteiger partial charge is 0.301 e. The maximum Gasteiger partial charge on any atom is 0.256 e. The fourth-order valence-corrected chi connectivity index (χ4v) is 5.21. The lowest BCUT2D eigenvalue weighted by Crippen LogP contribution is -2.51. The van der Waals surface area contributed by atoms with E-state index in [1.54, 1.807) is 0 Å². The summed E-state index contributed by atoms with van der Waals surface area (Å²) < 4.78 is 0. The Labute approximate surface area is 202 Å². The summed E-state index contributed by atoms with van der Waals surface area (Å²) in [5.74, 6) is 1.05. The molecule has 1 aromatic heterocycles. The Morgan fingerprint density at radius 1 is 0.941 bits per heavy atom. The van der Waals surface area contributed by atoms with Crippen LogP contribution in [0.4, 0.5) is 0 Å². The zero-order valence-corrected chi connectivity index (χ0v) is 20.5. The molecule has 2 aliphatic rings. The summed E-state index contributed by atoms with van der Waals surface area (Å²) >= 11 is 0. The van der Waals surface area contributed by atoms with E-state index in [0.717, 1.165) is 67.7 Å². The number of hydrogen-bond acceptors (Lipinski definition) is 4. The average Bonchev–Trinajstić information content (AvgIpc) is 3.13. The number of carbonyl (C=O) groups is 1. The number of nitrogens with zero attached hydrogens (tertiary/aromatic N) is 4. The highest BCUT2D eigenvalue weighted by Crippen LogP contribution is 2.36. The van der Waals surface area contributed by atoms with Gasteiger partial charge < -0.3 is 4.90 Å². The van der Waals surface area contributed by atoms with Gasteiger partial charge in [0.15, 0.2) is 0 Å². The smallest absolute Gasteiger partial charge is 0.256 e. The molecule has 0 atom stereocenters. The van der Waals surface area contributed by atoms with Gasteiger partial charge in [-0.15, -0.1) is 0 Å². The standard InChI is InChI=1S/C29H34N4O/c1-4-5-16-33-27(31-29(28(33)34)13-17-32(18-14-29)21(2)3)23-8-6-22(7-9-23)24-10-11-26-20-30-15-12-25(26)19-24/h6-12,15,19-21H,4-5,13-14,16-18H2,1-3H3. The van der Waals surface area contributed by atoms with Crippen LogP contribution in [0.25, 0.3) is 21.9 Å². The van der Waals surface area contributed by atoms with E-state index in [9.17, 15) is 4.79 Å². The lowest BCUT2D eigenvalue weighted by Gasteiger charge is -2.38. The molecule has 0 N–H and O–H groups in total. The van der Waals surface area contributed by atoms with Crippen molar-refractivity contribution in [1.82, 2.24) is 14.8 Å². The van der Waals surface area contributed by atoms with E-state index >= 15 is 0 Å². The summed E-state index contributed by atoms with van der Waals surface area (Å²) in [4.78, 5) is 27.4. The first kappa shape index (κ1) is 22.7. The predicted octanol–water partition coefficient (Wildman–Crippen LogP) is 5.53. The first-order valence-electron chi connectivity index (χ1n) is 12.6. The molecule has 1 spiro atoms. The third kappa shape index (κ3) is 4.14. The minimum Gasteiger partial charge on any atom is -0.301 e. The van der Waals surface area contributed by atoms with Gasteiger partial charge in [0.25, 0.3) is 5.91 Å². The number of unbranched alkanes of at least 4 members (excludes halogenated alkanes) is 1. The van der Waals surface area contributed by atoms with Crippen molar-refractivity contribution in [1.29, 1.82) is 0 Å². The van der Waals surface area contributed by atoms with Crippen LogP contribution in [0.5, 0.6) is 0 Å². The van der Waals surface area contributed by atoms with E-state index in [2.05, 4.69) is 73.1 Å². The van der Waals surface area contributed by atoms with Crippen molar-refractivity contribution in [3.63, 3.8) is 0 Å². The second kappa shape index (κ2) is 9.30. The molecule has 1 saturated heterocycles. The Morgan fingerprint density at radius 3 is 2.35 bits per heavy atom. The molecule has 1 amide bonds. The predicted molar refractivity (Wildman–Crippen MR) is 139 cm³/mol. The molecule has 3 heterocycles. The molecular weight excluding hydrogens is 420 g/mol. The Hall–Kier alpha value is -3.05. The quantitative estimate of drug-likeness (QED) is 0.492. The van der Waals surface area contributed by atoms with Crippen molar-refractivity contribution in [3.8, 4) is 11.1 Å². The third-order valence-electron chi connectivity index (χ3n) is 7.43. The van der Waals surface area contributed by atoms with Crippen LogP contribution in [0.15, 0.2) is 65.9 Å². The summed E-state index contributed by atoms with van der Waals surface area (Å²) in [6.45, 7) is 9.22. The zero-order valence-electron chi connectivity index (χ0n) is 20.5. The van der Waals surface area contributed by atoms with Crippen LogP contribution < -0.4 is 0 Å². The summed E-state index contributed by atoms with van der Waals surface area (Å²) in [7, 11) is 0. The molecule has 0 radical (unpaired) electrons. The van der Waals surface area contributed by atoms with Gasteiger partial charge in [0.1, 0.15) is 11.4 Å². The topological polar surface area (TPSA) is 48.8 Å². The maximum absolute atomic E-state index is 13.6. The SMILES string of the molecule is CCCCN1C(=O)C2(CCN(C(C)C)CC2)N=C1c1ccc(-c2ccc3cnccc3c2)cc1. The molecule has 0 saturated carbocycles. The fourth-order valence-electron chi connectivity index (χ4n) is 5.21. The number of aliphatic imine (C=N–C) groups is 1. The van der Waals surface area contributed by atoms with Crippen molar-refractivity contribution in [3.05, 3.63) is 66.5 Å². The van der Waals surface area contributed by atoms with Gasteiger partial charge in [-0.3, -0.25) is 19.7 Å². The number of piperidine rings is 1. The number of likely N-dealkylation sites (tertiary alicyclic amines) is 1. The van der Waals surface area contributed by atoms with E-state index < -0.39 is 5.54 Å². The summed E-state index contributed by atoms with van der Waals surface area (Å²) in [5.41, 5.74) is 2.78. The van der Waals surface area contributed by atoms with Crippen molar-refractivity contribution in [2.24, 2.45) is 4.99 Å². The van der Waals surface area contributed by atoms with E-state index in [1.165, 1.54) is 10.9 Å². The van der Waals surface area contributed by atoms with E-state index in [4.69, 9.17) is 4.99 Å². The van der Waals surface area contributed by atoms with Gasteiger partial charge in [0.05, 0.1) is 0 Å². The van der Waals surface area contributed by atoms with E-state index in [0.29, 0.717) is 6.04 Å². The summed E-state index contributed by atoms with van der Waals surface area (Å²) in [6, 6.07) is 17.6. The van der Waals surface area contributed by atoms with Crippen LogP contribution in [0, 0.1) is 0 Å². The maximum atomic E-state index is 13.6. The number of amides is 1. The zero-order chi connectivity index (χ0) is 23.7. The minimum absolute atomic E-state index is 0.201. The van der Waals surface area contributed by atoms with Crippen LogP contribution >= 0.6 is 0 Å². The molecule has 3 aromatic rings. The van der Waals surface area contributed by atoms with E-state index in [1.807, 2.05) is 23.4 Å². The monoisotopic (exact) mass is 454 g/mol. The third-order valence-corrected chi connectivity index (χ3v) is 7.43. The van der Waals surface area contributed by atoms with Crippen LogP contribution in [-0.4, -0.2) is 57.7 Å².